The molecule has 224 valence electrons. The van der Waals surface area contributed by atoms with Gasteiger partial charge in [0.1, 0.15) is 0 Å². The van der Waals surface area contributed by atoms with E-state index in [9.17, 15) is 0 Å². The largest absolute Gasteiger partial charge is 0.143 e. The molecule has 0 bridgehead atoms. The quantitative estimate of drug-likeness (QED) is 0.0927. The standard InChI is InChI=1S/C36H55ClS3/c1-4-7-10-13-16-19-22-29-25-26-38-34(29)32-27-30(23-20-17-14-11-8-5-2)35(39-32)33-28-31(36(37)40-33)24-21-18-15-12-9-6-3/h25-28H,4-24H2,1-3H3. The Morgan fingerprint density at radius 2 is 0.950 bits per heavy atom. The van der Waals surface area contributed by atoms with Crippen molar-refractivity contribution in [2.45, 2.75) is 156 Å². The number of rotatable bonds is 23. The van der Waals surface area contributed by atoms with Crippen LogP contribution in [0.4, 0.5) is 0 Å². The van der Waals surface area contributed by atoms with Gasteiger partial charge in [0.25, 0.3) is 0 Å². The van der Waals surface area contributed by atoms with Crippen LogP contribution in [0.2, 0.25) is 4.34 Å². The Balaban J connectivity index is 1.71. The summed E-state index contributed by atoms with van der Waals surface area (Å²) >= 11 is 12.6. The van der Waals surface area contributed by atoms with Gasteiger partial charge in [-0.1, -0.05) is 129 Å². The van der Waals surface area contributed by atoms with Gasteiger partial charge in [0.2, 0.25) is 0 Å². The average Bonchev–Trinajstić information content (AvgIpc) is 3.68. The molecule has 3 aromatic heterocycles. The van der Waals surface area contributed by atoms with E-state index in [0.717, 1.165) is 10.8 Å². The molecule has 0 N–H and O–H groups in total. The molecular formula is C36H55ClS3. The lowest BCUT2D eigenvalue weighted by Crippen LogP contribution is -1.87. The summed E-state index contributed by atoms with van der Waals surface area (Å²) in [6.07, 6.45) is 27.8. The molecular weight excluding hydrogens is 564 g/mol. The lowest BCUT2D eigenvalue weighted by Gasteiger charge is -2.03. The molecule has 3 heterocycles. The molecule has 3 aromatic rings. The summed E-state index contributed by atoms with van der Waals surface area (Å²) in [4.78, 5) is 5.89. The first-order valence-electron chi connectivity index (χ1n) is 16.7. The van der Waals surface area contributed by atoms with Gasteiger partial charge in [0.05, 0.1) is 4.34 Å². The molecule has 0 aliphatic rings. The lowest BCUT2D eigenvalue weighted by atomic mass is 10.0. The van der Waals surface area contributed by atoms with Gasteiger partial charge >= 0.3 is 0 Å². The summed E-state index contributed by atoms with van der Waals surface area (Å²) in [6.45, 7) is 6.89. The van der Waals surface area contributed by atoms with E-state index in [2.05, 4.69) is 44.4 Å². The van der Waals surface area contributed by atoms with Crippen molar-refractivity contribution in [3.05, 3.63) is 44.6 Å². The van der Waals surface area contributed by atoms with Crippen LogP contribution in [0.15, 0.2) is 23.6 Å². The van der Waals surface area contributed by atoms with Crippen molar-refractivity contribution in [2.75, 3.05) is 0 Å². The first-order chi connectivity index (χ1) is 19.7. The van der Waals surface area contributed by atoms with E-state index in [0.29, 0.717) is 0 Å². The zero-order chi connectivity index (χ0) is 28.4. The van der Waals surface area contributed by atoms with E-state index >= 15 is 0 Å². The molecule has 0 radical (unpaired) electrons. The predicted octanol–water partition coefficient (Wildman–Crippen LogP) is 14.6. The summed E-state index contributed by atoms with van der Waals surface area (Å²) in [7, 11) is 0. The molecule has 4 heteroatoms. The fourth-order valence-electron chi connectivity index (χ4n) is 5.66. The second-order valence-electron chi connectivity index (χ2n) is 11.7. The Morgan fingerprint density at radius 1 is 0.500 bits per heavy atom. The molecule has 0 saturated heterocycles. The van der Waals surface area contributed by atoms with Crippen molar-refractivity contribution in [3.8, 4) is 19.5 Å². The first kappa shape index (κ1) is 33.9. The first-order valence-corrected chi connectivity index (χ1v) is 19.5. The highest BCUT2D eigenvalue weighted by Gasteiger charge is 2.18. The number of hydrogen-bond donors (Lipinski definition) is 0. The monoisotopic (exact) mass is 618 g/mol. The van der Waals surface area contributed by atoms with E-state index in [4.69, 9.17) is 11.6 Å². The highest BCUT2D eigenvalue weighted by atomic mass is 35.5. The molecule has 0 aliphatic carbocycles. The second kappa shape index (κ2) is 20.3. The zero-order valence-electron chi connectivity index (χ0n) is 25.8. The van der Waals surface area contributed by atoms with E-state index in [1.165, 1.54) is 153 Å². The minimum absolute atomic E-state index is 1.02. The number of unbranched alkanes of at least 4 members (excludes halogenated alkanes) is 15. The van der Waals surface area contributed by atoms with Crippen LogP contribution >= 0.6 is 45.6 Å². The van der Waals surface area contributed by atoms with Crippen LogP contribution in [-0.2, 0) is 19.3 Å². The third-order valence-corrected chi connectivity index (χ3v) is 12.1. The highest BCUT2D eigenvalue weighted by Crippen LogP contribution is 2.46. The summed E-state index contributed by atoms with van der Waals surface area (Å²) in [5, 5.41) is 2.31. The topological polar surface area (TPSA) is 0 Å². The van der Waals surface area contributed by atoms with Crippen LogP contribution in [0.25, 0.3) is 19.5 Å². The Bertz CT molecular complexity index is 1060. The summed E-state index contributed by atoms with van der Waals surface area (Å²) in [5.74, 6) is 0. The molecule has 0 spiro atoms. The van der Waals surface area contributed by atoms with Crippen molar-refractivity contribution in [2.24, 2.45) is 0 Å². The second-order valence-corrected chi connectivity index (χ2v) is 15.3. The third kappa shape index (κ3) is 11.6. The minimum atomic E-state index is 1.02. The van der Waals surface area contributed by atoms with Gasteiger partial charge in [0, 0.05) is 19.5 Å². The maximum Gasteiger partial charge on any atom is 0.0967 e. The molecule has 0 aromatic carbocycles. The Hall–Kier alpha value is -0.610. The van der Waals surface area contributed by atoms with Crippen LogP contribution in [0.3, 0.4) is 0 Å². The van der Waals surface area contributed by atoms with Crippen molar-refractivity contribution >= 4 is 45.6 Å². The zero-order valence-corrected chi connectivity index (χ0v) is 29.0. The van der Waals surface area contributed by atoms with Gasteiger partial charge in [-0.3, -0.25) is 0 Å². The predicted molar refractivity (Wildman–Crippen MR) is 187 cm³/mol. The normalized spacial score (nSPS) is 11.6. The molecule has 40 heavy (non-hydrogen) atoms. The lowest BCUT2D eigenvalue weighted by molar-refractivity contribution is 0.608. The summed E-state index contributed by atoms with van der Waals surface area (Å²) in [5.41, 5.74) is 4.49. The Labute approximate surface area is 264 Å². The molecule has 0 nitrogen and oxygen atoms in total. The van der Waals surface area contributed by atoms with Crippen LogP contribution in [-0.4, -0.2) is 0 Å². The highest BCUT2D eigenvalue weighted by molar-refractivity contribution is 7.27. The molecule has 0 unspecified atom stereocenters. The molecule has 0 amide bonds. The fourth-order valence-corrected chi connectivity index (χ4v) is 9.45. The van der Waals surface area contributed by atoms with Gasteiger partial charge in [-0.05, 0) is 78.8 Å². The van der Waals surface area contributed by atoms with Crippen molar-refractivity contribution < 1.29 is 0 Å². The summed E-state index contributed by atoms with van der Waals surface area (Å²) < 4.78 is 1.02. The minimum Gasteiger partial charge on any atom is -0.143 e. The number of thiophene rings is 3. The van der Waals surface area contributed by atoms with E-state index < -0.39 is 0 Å². The maximum absolute atomic E-state index is 6.84. The molecule has 3 rings (SSSR count). The molecule has 0 saturated carbocycles. The van der Waals surface area contributed by atoms with Crippen molar-refractivity contribution in [1.29, 1.82) is 0 Å². The van der Waals surface area contributed by atoms with Crippen LogP contribution in [0.1, 0.15) is 153 Å². The third-order valence-electron chi connectivity index (χ3n) is 8.16. The Kier molecular flexibility index (Phi) is 17.2. The molecule has 0 fully saturated rings. The molecule has 0 aliphatic heterocycles. The van der Waals surface area contributed by atoms with Crippen LogP contribution < -0.4 is 0 Å². The average molecular weight is 619 g/mol. The van der Waals surface area contributed by atoms with E-state index in [-0.39, 0.29) is 0 Å². The Morgan fingerprint density at radius 3 is 1.52 bits per heavy atom. The number of aryl methyl sites for hydroxylation is 3. The van der Waals surface area contributed by atoms with Crippen molar-refractivity contribution in [1.82, 2.24) is 0 Å². The summed E-state index contributed by atoms with van der Waals surface area (Å²) in [6, 6.07) is 7.37. The smallest absolute Gasteiger partial charge is 0.0967 e. The van der Waals surface area contributed by atoms with Crippen LogP contribution in [0, 0.1) is 0 Å². The van der Waals surface area contributed by atoms with Gasteiger partial charge in [-0.25, -0.2) is 0 Å². The van der Waals surface area contributed by atoms with E-state index in [1.807, 2.05) is 34.0 Å². The van der Waals surface area contributed by atoms with E-state index in [1.54, 1.807) is 11.1 Å². The fraction of sp³-hybridized carbons (Fsp3) is 0.667. The molecule has 0 atom stereocenters. The van der Waals surface area contributed by atoms with Gasteiger partial charge in [-0.2, -0.15) is 0 Å². The van der Waals surface area contributed by atoms with Crippen molar-refractivity contribution in [3.63, 3.8) is 0 Å². The SMILES string of the molecule is CCCCCCCCc1cc(-c2sc(-c3sccc3CCCCCCCC)cc2CCCCCCCC)sc1Cl. The number of hydrogen-bond acceptors (Lipinski definition) is 3. The van der Waals surface area contributed by atoms with Crippen LogP contribution in [0.5, 0.6) is 0 Å². The number of halogens is 1. The van der Waals surface area contributed by atoms with Gasteiger partial charge < -0.3 is 0 Å². The van der Waals surface area contributed by atoms with Gasteiger partial charge in [0.15, 0.2) is 0 Å². The van der Waals surface area contributed by atoms with Gasteiger partial charge in [-0.15, -0.1) is 34.0 Å². The maximum atomic E-state index is 6.84.